The maximum atomic E-state index is 12.4. The van der Waals surface area contributed by atoms with Crippen LogP contribution < -0.4 is 5.32 Å². The molecule has 0 aliphatic carbocycles. The number of carbonyl (C=O) groups excluding carboxylic acids is 1. The van der Waals surface area contributed by atoms with E-state index in [9.17, 15) is 4.79 Å². The molecule has 3 aromatic rings. The van der Waals surface area contributed by atoms with Crippen LogP contribution in [0.1, 0.15) is 42.4 Å². The van der Waals surface area contributed by atoms with E-state index in [1.165, 1.54) is 5.56 Å². The average Bonchev–Trinajstić information content (AvgIpc) is 2.90. The topological polar surface area (TPSA) is 46.4 Å². The number of nitrogens with zero attached hydrogens (tertiary/aromatic N) is 2. The van der Waals surface area contributed by atoms with Gasteiger partial charge in [-0.3, -0.25) is 4.79 Å². The van der Waals surface area contributed by atoms with E-state index in [1.54, 1.807) is 0 Å². The molecule has 0 bridgehead atoms. The van der Waals surface area contributed by atoms with Gasteiger partial charge in [0, 0.05) is 11.3 Å². The molecule has 0 atom stereocenters. The Hall–Kier alpha value is -2.33. The zero-order chi connectivity index (χ0) is 16.6. The molecule has 0 radical (unpaired) electrons. The van der Waals surface area contributed by atoms with E-state index in [4.69, 9.17) is 0 Å². The molecule has 0 spiro atoms. The predicted octanol–water partition coefficient (Wildman–Crippen LogP) is 4.61. The van der Waals surface area contributed by atoms with Crippen LogP contribution in [0.4, 0.5) is 5.82 Å². The Bertz CT molecular complexity index is 860. The van der Waals surface area contributed by atoms with Gasteiger partial charge in [0.05, 0.1) is 6.20 Å². The molecule has 0 aliphatic rings. The Morgan fingerprint density at radius 2 is 1.75 bits per heavy atom. The van der Waals surface area contributed by atoms with Crippen molar-refractivity contribution in [2.45, 2.75) is 33.1 Å². The number of imidazole rings is 1. The second-order valence-corrected chi connectivity index (χ2v) is 6.80. The summed E-state index contributed by atoms with van der Waals surface area (Å²) in [6.45, 7) is 8.47. The van der Waals surface area contributed by atoms with Crippen LogP contribution in [0, 0.1) is 6.92 Å². The number of benzene rings is 1. The van der Waals surface area contributed by atoms with Gasteiger partial charge in [-0.05, 0) is 42.2 Å². The summed E-state index contributed by atoms with van der Waals surface area (Å²) in [5.74, 6) is 0.413. The fraction of sp³-hybridized carbons (Fsp3) is 0.263. The first-order valence-corrected chi connectivity index (χ1v) is 7.71. The summed E-state index contributed by atoms with van der Waals surface area (Å²) in [5.41, 5.74) is 3.81. The molecule has 4 nitrogen and oxygen atoms in total. The van der Waals surface area contributed by atoms with Gasteiger partial charge in [0.25, 0.3) is 5.91 Å². The lowest BCUT2D eigenvalue weighted by Gasteiger charge is -2.18. The third-order valence-electron chi connectivity index (χ3n) is 3.95. The maximum Gasteiger partial charge on any atom is 0.256 e. The summed E-state index contributed by atoms with van der Waals surface area (Å²) < 4.78 is 1.96. The summed E-state index contributed by atoms with van der Waals surface area (Å²) in [6, 6.07) is 13.6. The van der Waals surface area contributed by atoms with E-state index >= 15 is 0 Å². The zero-order valence-corrected chi connectivity index (χ0v) is 15.1. The number of nitrogens with one attached hydrogen (secondary N) is 1. The van der Waals surface area contributed by atoms with Crippen LogP contribution in [0.15, 0.2) is 48.7 Å². The van der Waals surface area contributed by atoms with E-state index < -0.39 is 0 Å². The van der Waals surface area contributed by atoms with E-state index in [-0.39, 0.29) is 23.7 Å². The molecular weight excluding hydrogens is 322 g/mol. The Balaban J connectivity index is 0.00000208. The number of rotatable bonds is 2. The van der Waals surface area contributed by atoms with E-state index in [0.717, 1.165) is 11.3 Å². The van der Waals surface area contributed by atoms with Crippen molar-refractivity contribution in [1.82, 2.24) is 9.38 Å². The van der Waals surface area contributed by atoms with E-state index in [2.05, 4.69) is 31.1 Å². The molecule has 126 valence electrons. The fourth-order valence-electron chi connectivity index (χ4n) is 2.52. The minimum atomic E-state index is -0.147. The van der Waals surface area contributed by atoms with Crippen LogP contribution >= 0.6 is 12.4 Å². The van der Waals surface area contributed by atoms with E-state index in [1.807, 2.05) is 60.0 Å². The largest absolute Gasteiger partial charge is 0.305 e. The summed E-state index contributed by atoms with van der Waals surface area (Å²) in [4.78, 5) is 16.8. The van der Waals surface area contributed by atoms with Crippen LogP contribution in [-0.2, 0) is 5.41 Å². The number of pyridine rings is 1. The van der Waals surface area contributed by atoms with Gasteiger partial charge >= 0.3 is 0 Å². The highest BCUT2D eigenvalue weighted by Gasteiger charge is 2.15. The Morgan fingerprint density at radius 1 is 1.08 bits per heavy atom. The fourth-order valence-corrected chi connectivity index (χ4v) is 2.52. The summed E-state index contributed by atoms with van der Waals surface area (Å²) in [6.07, 6.45) is 1.84. The smallest absolute Gasteiger partial charge is 0.256 e. The van der Waals surface area contributed by atoms with Gasteiger partial charge in [0.2, 0.25) is 0 Å². The van der Waals surface area contributed by atoms with Crippen LogP contribution in [-0.4, -0.2) is 15.3 Å². The molecule has 5 heteroatoms. The Labute approximate surface area is 148 Å². The van der Waals surface area contributed by atoms with Gasteiger partial charge in [0.15, 0.2) is 5.82 Å². The number of anilines is 1. The van der Waals surface area contributed by atoms with Crippen molar-refractivity contribution in [1.29, 1.82) is 0 Å². The number of carbonyl (C=O) groups is 1. The lowest BCUT2D eigenvalue weighted by Crippen LogP contribution is -2.14. The average molecular weight is 344 g/mol. The second-order valence-electron chi connectivity index (χ2n) is 6.80. The van der Waals surface area contributed by atoms with Crippen molar-refractivity contribution >= 4 is 29.8 Å². The molecule has 1 N–H and O–H groups in total. The monoisotopic (exact) mass is 343 g/mol. The van der Waals surface area contributed by atoms with Crippen LogP contribution in [0.5, 0.6) is 0 Å². The van der Waals surface area contributed by atoms with Gasteiger partial charge in [0.1, 0.15) is 5.65 Å². The van der Waals surface area contributed by atoms with Gasteiger partial charge in [-0.15, -0.1) is 12.4 Å². The third-order valence-corrected chi connectivity index (χ3v) is 3.95. The van der Waals surface area contributed by atoms with Crippen LogP contribution in [0.25, 0.3) is 5.65 Å². The molecule has 1 amide bonds. The lowest BCUT2D eigenvalue weighted by molar-refractivity contribution is 0.102. The highest BCUT2D eigenvalue weighted by Crippen LogP contribution is 2.22. The van der Waals surface area contributed by atoms with E-state index in [0.29, 0.717) is 11.4 Å². The maximum absolute atomic E-state index is 12.4. The Kier molecular flexibility index (Phi) is 4.99. The first-order valence-electron chi connectivity index (χ1n) is 7.71. The molecule has 0 saturated heterocycles. The number of aromatic nitrogens is 2. The molecular formula is C19H22ClN3O. The number of hydrogen-bond acceptors (Lipinski definition) is 2. The first-order chi connectivity index (χ1) is 10.8. The highest BCUT2D eigenvalue weighted by atomic mass is 35.5. The number of halogens is 1. The first kappa shape index (κ1) is 18.0. The molecule has 0 saturated carbocycles. The highest BCUT2D eigenvalue weighted by molar-refractivity contribution is 6.03. The lowest BCUT2D eigenvalue weighted by atomic mass is 9.87. The van der Waals surface area contributed by atoms with Gasteiger partial charge in [-0.25, -0.2) is 4.98 Å². The van der Waals surface area contributed by atoms with Crippen molar-refractivity contribution in [3.8, 4) is 0 Å². The van der Waals surface area contributed by atoms with Crippen molar-refractivity contribution in [2.24, 2.45) is 0 Å². The standard InChI is InChI=1S/C19H21N3O.ClH/c1-13-6-5-7-17-20-16(12-22(13)17)21-18(23)14-8-10-15(11-9-14)19(2,3)4;/h5-12H,1-4H3,(H,21,23);1H. The predicted molar refractivity (Wildman–Crippen MR) is 100 cm³/mol. The van der Waals surface area contributed by atoms with Crippen molar-refractivity contribution in [3.63, 3.8) is 0 Å². The molecule has 2 aromatic heterocycles. The van der Waals surface area contributed by atoms with Crippen LogP contribution in [0.3, 0.4) is 0 Å². The summed E-state index contributed by atoms with van der Waals surface area (Å²) >= 11 is 0. The molecule has 2 heterocycles. The quantitative estimate of drug-likeness (QED) is 0.738. The normalized spacial score (nSPS) is 11.2. The van der Waals surface area contributed by atoms with Crippen molar-refractivity contribution < 1.29 is 4.79 Å². The molecule has 0 aliphatic heterocycles. The zero-order valence-electron chi connectivity index (χ0n) is 14.3. The van der Waals surface area contributed by atoms with Crippen molar-refractivity contribution in [3.05, 3.63) is 65.5 Å². The molecule has 24 heavy (non-hydrogen) atoms. The summed E-state index contributed by atoms with van der Waals surface area (Å²) in [7, 11) is 0. The number of fused-ring (bicyclic) bond motifs is 1. The molecule has 3 rings (SSSR count). The third kappa shape index (κ3) is 3.60. The van der Waals surface area contributed by atoms with Gasteiger partial charge in [-0.2, -0.15) is 0 Å². The van der Waals surface area contributed by atoms with Crippen molar-refractivity contribution in [2.75, 3.05) is 5.32 Å². The number of aryl methyl sites for hydroxylation is 1. The van der Waals surface area contributed by atoms with Gasteiger partial charge in [-0.1, -0.05) is 39.0 Å². The molecule has 1 aromatic carbocycles. The SMILES string of the molecule is Cc1cccc2nc(NC(=O)c3ccc(C(C)(C)C)cc3)cn12.Cl. The minimum absolute atomic E-state index is 0. The molecule has 0 fully saturated rings. The number of amides is 1. The summed E-state index contributed by atoms with van der Waals surface area (Å²) in [5, 5.41) is 2.86. The molecule has 0 unspecified atom stereocenters. The number of hydrogen-bond donors (Lipinski definition) is 1. The second kappa shape index (κ2) is 6.65. The Morgan fingerprint density at radius 3 is 2.33 bits per heavy atom. The van der Waals surface area contributed by atoms with Crippen LogP contribution in [0.2, 0.25) is 0 Å². The minimum Gasteiger partial charge on any atom is -0.305 e. The van der Waals surface area contributed by atoms with Gasteiger partial charge < -0.3 is 9.72 Å².